The van der Waals surface area contributed by atoms with Gasteiger partial charge in [0.05, 0.1) is 4.90 Å². The summed E-state index contributed by atoms with van der Waals surface area (Å²) in [4.78, 5) is 11.3. The molecule has 2 N–H and O–H groups in total. The van der Waals surface area contributed by atoms with Gasteiger partial charge in [0, 0.05) is 24.2 Å². The number of hydrogen-bond donors (Lipinski definition) is 2. The molecule has 7 heteroatoms. The Morgan fingerprint density at radius 2 is 1.89 bits per heavy atom. The highest BCUT2D eigenvalue weighted by Crippen LogP contribution is 2.11. The zero-order chi connectivity index (χ0) is 13.8. The summed E-state index contributed by atoms with van der Waals surface area (Å²) in [7, 11) is -2.13. The molecule has 0 radical (unpaired) electrons. The van der Waals surface area contributed by atoms with Gasteiger partial charge in [0.15, 0.2) is 0 Å². The molecule has 1 rings (SSSR count). The van der Waals surface area contributed by atoms with Crippen LogP contribution >= 0.6 is 11.6 Å². The second-order valence-corrected chi connectivity index (χ2v) is 5.75. The van der Waals surface area contributed by atoms with Gasteiger partial charge in [0.25, 0.3) is 5.91 Å². The fraction of sp³-hybridized carbons (Fsp3) is 0.182. The van der Waals surface area contributed by atoms with E-state index in [1.165, 1.54) is 31.3 Å². The number of halogens is 1. The molecule has 0 aliphatic heterocycles. The van der Waals surface area contributed by atoms with Gasteiger partial charge in [-0.1, -0.05) is 18.2 Å². The molecule has 5 nitrogen and oxygen atoms in total. The second-order valence-electron chi connectivity index (χ2n) is 3.45. The molecule has 0 atom stereocenters. The van der Waals surface area contributed by atoms with Crippen LogP contribution in [0.1, 0.15) is 10.4 Å². The Kier molecular flexibility index (Phi) is 4.89. The van der Waals surface area contributed by atoms with Crippen molar-refractivity contribution < 1.29 is 13.2 Å². The normalized spacial score (nSPS) is 11.0. The lowest BCUT2D eigenvalue weighted by Gasteiger charge is -2.06. The second kappa shape index (κ2) is 5.99. The third kappa shape index (κ3) is 3.83. The molecule has 0 aliphatic rings. The van der Waals surface area contributed by atoms with Gasteiger partial charge in [-0.3, -0.25) is 4.79 Å². The van der Waals surface area contributed by atoms with E-state index in [0.29, 0.717) is 5.56 Å². The number of carbonyl (C=O) groups is 1. The van der Waals surface area contributed by atoms with Crippen molar-refractivity contribution in [2.24, 2.45) is 0 Å². The minimum atomic E-state index is -3.63. The minimum absolute atomic E-state index is 0.0406. The average molecular weight is 289 g/mol. The summed E-state index contributed by atoms with van der Waals surface area (Å²) in [5, 5.41) is 2.64. The molecule has 0 saturated heterocycles. The molecule has 0 bridgehead atoms. The SMILES string of the molecule is C=C(Cl)CNS(=O)(=O)c1ccc(C(=O)NC)cc1. The Morgan fingerprint density at radius 1 is 1.33 bits per heavy atom. The lowest BCUT2D eigenvalue weighted by atomic mass is 10.2. The van der Waals surface area contributed by atoms with E-state index in [2.05, 4.69) is 16.6 Å². The van der Waals surface area contributed by atoms with E-state index in [4.69, 9.17) is 11.6 Å². The molecular weight excluding hydrogens is 276 g/mol. The van der Waals surface area contributed by atoms with Crippen molar-refractivity contribution in [3.63, 3.8) is 0 Å². The Labute approximate surface area is 111 Å². The van der Waals surface area contributed by atoms with Crippen LogP contribution in [0.15, 0.2) is 40.8 Å². The molecule has 0 spiro atoms. The molecule has 0 saturated carbocycles. The smallest absolute Gasteiger partial charge is 0.251 e. The third-order valence-electron chi connectivity index (χ3n) is 2.11. The molecule has 0 fully saturated rings. The summed E-state index contributed by atoms with van der Waals surface area (Å²) >= 11 is 5.48. The van der Waals surface area contributed by atoms with Crippen molar-refractivity contribution in [2.75, 3.05) is 13.6 Å². The Morgan fingerprint density at radius 3 is 2.33 bits per heavy atom. The van der Waals surface area contributed by atoms with Crippen LogP contribution in [0.2, 0.25) is 0 Å². The van der Waals surface area contributed by atoms with Crippen LogP contribution in [0, 0.1) is 0 Å². The minimum Gasteiger partial charge on any atom is -0.355 e. The van der Waals surface area contributed by atoms with E-state index in [1.54, 1.807) is 0 Å². The van der Waals surface area contributed by atoms with Crippen molar-refractivity contribution >= 4 is 27.5 Å². The Bertz CT molecular complexity index is 552. The number of benzene rings is 1. The Balaban J connectivity index is 2.91. The van der Waals surface area contributed by atoms with Crippen molar-refractivity contribution in [3.8, 4) is 0 Å². The topological polar surface area (TPSA) is 75.3 Å². The molecule has 98 valence electrons. The quantitative estimate of drug-likeness (QED) is 0.851. The van der Waals surface area contributed by atoms with Crippen LogP contribution in [-0.4, -0.2) is 27.9 Å². The van der Waals surface area contributed by atoms with Crippen LogP contribution in [-0.2, 0) is 10.0 Å². The van der Waals surface area contributed by atoms with Crippen molar-refractivity contribution in [1.82, 2.24) is 10.0 Å². The maximum absolute atomic E-state index is 11.8. The van der Waals surface area contributed by atoms with Gasteiger partial charge in [-0.15, -0.1) is 0 Å². The number of hydrogen-bond acceptors (Lipinski definition) is 3. The maximum atomic E-state index is 11.8. The molecule has 0 aromatic heterocycles. The molecular formula is C11H13ClN2O3S. The maximum Gasteiger partial charge on any atom is 0.251 e. The predicted molar refractivity (Wildman–Crippen MR) is 70.0 cm³/mol. The summed E-state index contributed by atoms with van der Waals surface area (Å²) in [6.07, 6.45) is 0. The van der Waals surface area contributed by atoms with Gasteiger partial charge in [0.2, 0.25) is 10.0 Å². The fourth-order valence-electron chi connectivity index (χ4n) is 1.19. The standard InChI is InChI=1S/C11H13ClN2O3S/c1-8(12)7-14-18(16,17)10-5-3-9(4-6-10)11(15)13-2/h3-6,14H,1,7H2,2H3,(H,13,15). The van der Waals surface area contributed by atoms with Crippen LogP contribution in [0.25, 0.3) is 0 Å². The van der Waals surface area contributed by atoms with E-state index < -0.39 is 10.0 Å². The molecule has 18 heavy (non-hydrogen) atoms. The molecule has 1 aromatic rings. The molecule has 0 unspecified atom stereocenters. The van der Waals surface area contributed by atoms with Crippen molar-refractivity contribution in [3.05, 3.63) is 41.4 Å². The first-order valence-electron chi connectivity index (χ1n) is 5.02. The lowest BCUT2D eigenvalue weighted by molar-refractivity contribution is 0.0963. The molecule has 1 aromatic carbocycles. The molecule has 0 aliphatic carbocycles. The van der Waals surface area contributed by atoms with E-state index in [9.17, 15) is 13.2 Å². The summed E-state index contributed by atoms with van der Waals surface area (Å²) < 4.78 is 25.8. The molecule has 1 amide bonds. The zero-order valence-corrected chi connectivity index (χ0v) is 11.3. The monoisotopic (exact) mass is 288 g/mol. The van der Waals surface area contributed by atoms with Gasteiger partial charge in [0.1, 0.15) is 0 Å². The first-order valence-corrected chi connectivity index (χ1v) is 6.88. The highest BCUT2D eigenvalue weighted by molar-refractivity contribution is 7.89. The van der Waals surface area contributed by atoms with Crippen LogP contribution in [0.5, 0.6) is 0 Å². The van der Waals surface area contributed by atoms with E-state index in [0.717, 1.165) is 0 Å². The molecule has 0 heterocycles. The number of rotatable bonds is 5. The van der Waals surface area contributed by atoms with Crippen LogP contribution in [0.4, 0.5) is 0 Å². The van der Waals surface area contributed by atoms with Crippen LogP contribution < -0.4 is 10.0 Å². The fourth-order valence-corrected chi connectivity index (χ4v) is 2.36. The predicted octanol–water partition coefficient (Wildman–Crippen LogP) is 1.08. The summed E-state index contributed by atoms with van der Waals surface area (Å²) in [6.45, 7) is 3.35. The highest BCUT2D eigenvalue weighted by Gasteiger charge is 2.14. The summed E-state index contributed by atoms with van der Waals surface area (Å²) in [5.41, 5.74) is 0.387. The van der Waals surface area contributed by atoms with Crippen LogP contribution in [0.3, 0.4) is 0 Å². The Hall–Kier alpha value is -1.37. The zero-order valence-electron chi connectivity index (χ0n) is 9.73. The first-order chi connectivity index (χ1) is 8.36. The average Bonchev–Trinajstić information content (AvgIpc) is 2.36. The number of amides is 1. The van der Waals surface area contributed by atoms with Gasteiger partial charge >= 0.3 is 0 Å². The summed E-state index contributed by atoms with van der Waals surface area (Å²) in [6, 6.07) is 5.57. The third-order valence-corrected chi connectivity index (χ3v) is 3.66. The van der Waals surface area contributed by atoms with E-state index >= 15 is 0 Å². The first kappa shape index (κ1) is 14.7. The number of nitrogens with one attached hydrogen (secondary N) is 2. The van der Waals surface area contributed by atoms with E-state index in [-0.39, 0.29) is 22.4 Å². The van der Waals surface area contributed by atoms with Crippen molar-refractivity contribution in [1.29, 1.82) is 0 Å². The van der Waals surface area contributed by atoms with Gasteiger partial charge in [-0.05, 0) is 24.3 Å². The van der Waals surface area contributed by atoms with Crippen molar-refractivity contribution in [2.45, 2.75) is 4.90 Å². The number of carbonyl (C=O) groups excluding carboxylic acids is 1. The highest BCUT2D eigenvalue weighted by atomic mass is 35.5. The van der Waals surface area contributed by atoms with E-state index in [1.807, 2.05) is 0 Å². The van der Waals surface area contributed by atoms with Gasteiger partial charge in [-0.2, -0.15) is 0 Å². The lowest BCUT2D eigenvalue weighted by Crippen LogP contribution is -2.25. The summed E-state index contributed by atoms with van der Waals surface area (Å²) in [5.74, 6) is -0.277. The van der Waals surface area contributed by atoms with Gasteiger partial charge < -0.3 is 5.32 Å². The largest absolute Gasteiger partial charge is 0.355 e. The van der Waals surface area contributed by atoms with Gasteiger partial charge in [-0.25, -0.2) is 13.1 Å². The number of sulfonamides is 1.